The van der Waals surface area contributed by atoms with Gasteiger partial charge in [0.2, 0.25) is 0 Å². The van der Waals surface area contributed by atoms with E-state index in [2.05, 4.69) is 41.5 Å². The molecule has 5 unspecified atom stereocenters. The van der Waals surface area contributed by atoms with Gasteiger partial charge < -0.3 is 49.7 Å². The summed E-state index contributed by atoms with van der Waals surface area (Å²) in [6.07, 6.45) is 9.58. The topological polar surface area (TPSA) is 232 Å². The lowest BCUT2D eigenvalue weighted by molar-refractivity contribution is -0.264. The number of ether oxygens (including phenoxy) is 5. The van der Waals surface area contributed by atoms with E-state index in [0.29, 0.717) is 44.6 Å². The largest absolute Gasteiger partial charge is 0.462 e. The summed E-state index contributed by atoms with van der Waals surface area (Å²) in [6, 6.07) is 0. The van der Waals surface area contributed by atoms with Crippen LogP contribution < -0.4 is 0 Å². The van der Waals surface area contributed by atoms with Crippen LogP contribution in [-0.2, 0) is 42.9 Å². The fraction of sp³-hybridized carbons (Fsp3) is 0.942. The van der Waals surface area contributed by atoms with Crippen LogP contribution in [0.3, 0.4) is 0 Å². The third-order valence-corrected chi connectivity index (χ3v) is 20.0. The highest BCUT2D eigenvalue weighted by Gasteiger charge is 2.56. The minimum absolute atomic E-state index is 0.0524. The van der Waals surface area contributed by atoms with Crippen molar-refractivity contribution in [2.75, 3.05) is 0 Å². The van der Waals surface area contributed by atoms with Crippen molar-refractivity contribution in [1.82, 2.24) is 25.3 Å². The van der Waals surface area contributed by atoms with Gasteiger partial charge in [0.05, 0.1) is 46.0 Å². The zero-order valence-electron chi connectivity index (χ0n) is 62.0. The summed E-state index contributed by atoms with van der Waals surface area (Å²) in [7, 11) is 0. The first-order valence-electron chi connectivity index (χ1n) is 33.2. The monoisotopic (exact) mass is 1260 g/mol. The predicted molar refractivity (Wildman–Crippen MR) is 347 cm³/mol. The molecule has 19 nitrogen and oxygen atoms in total. The molecular weight excluding hydrogens is 1120 g/mol. The molecule has 88 heavy (non-hydrogen) atoms. The van der Waals surface area contributed by atoms with E-state index in [1.54, 1.807) is 0 Å². The second-order valence-corrected chi connectivity index (χ2v) is 34.0. The molecule has 0 radical (unpaired) electrons. The zero-order valence-corrected chi connectivity index (χ0v) is 62.0. The van der Waals surface area contributed by atoms with Gasteiger partial charge in [0, 0.05) is 82.8 Å². The molecule has 5 aliphatic rings. The quantitative estimate of drug-likeness (QED) is 0.0758. The zero-order chi connectivity index (χ0) is 69.5. The van der Waals surface area contributed by atoms with E-state index in [-0.39, 0.29) is 111 Å². The van der Waals surface area contributed by atoms with Gasteiger partial charge in [-0.3, -0.25) is 19.2 Å². The minimum Gasteiger partial charge on any atom is -0.462 e. The maximum absolute atomic E-state index is 12.2. The van der Waals surface area contributed by atoms with Crippen molar-refractivity contribution in [3.8, 4) is 0 Å². The second-order valence-electron chi connectivity index (χ2n) is 34.0. The molecule has 0 aromatic rings. The van der Waals surface area contributed by atoms with Crippen LogP contribution in [0.5, 0.6) is 0 Å². The van der Waals surface area contributed by atoms with Crippen LogP contribution in [0.2, 0.25) is 0 Å². The molecule has 5 rings (SSSR count). The number of hydrogen-bond donors (Lipinski definition) is 5. The second kappa shape index (κ2) is 30.7. The van der Waals surface area contributed by atoms with Crippen molar-refractivity contribution in [3.05, 3.63) is 0 Å². The Hall–Kier alpha value is -2.56. The van der Waals surface area contributed by atoms with Crippen molar-refractivity contribution in [2.24, 2.45) is 22.7 Å². The SMILES string of the molecule is CCC(C)(C)C(=O)OC1CC(C)(C)N(O)C(C)(C)C1.CCC(C)(C)C(=O)OC1CC(C)(C)N(O)C1(C)C.CCC(C)C(=O)OC1CC(C)(C)N(O)C(C)(C)C1.CCC(C)C(=O)OC1CC(C)(C)N(O)C1(C)C.CCC(C)OC1CC(C)(C)N(O)C(C)(C)C1. The summed E-state index contributed by atoms with van der Waals surface area (Å²) >= 11 is 0. The standard InChI is InChI=1S/C15H29NO3.2C14H27NO3.C13H25NO3.C13H27NO2/c1-8-13(2,3)12(17)19-11-9-14(4,5)16(18)15(6,7)10-11;1-8-12(2,3)11(16)18-10-9-13(4,5)15(17)14(10,6)7;1-7-10(2)12(16)18-11-8-13(3,4)15(17)14(5,6)9-11;1-7-9(2)11(15)17-10-8-12(3,4)14(16)13(10,5)6;1-7-10(2)16-11-8-12(3,4)14(15)13(5,6)9-11/h11,18H,8-10H2,1-7H3;10,17H,8-9H2,1-7H3;10-11,17H,7-9H2,1-6H3;9-10,16H,7-8H2,1-6H3;10-11,15H,7-9H2,1-6H3. The summed E-state index contributed by atoms with van der Waals surface area (Å²) in [5, 5.41) is 57.7. The molecule has 5 aliphatic heterocycles. The number of hydroxylamine groups is 10. The molecule has 0 aliphatic carbocycles. The number of hydrogen-bond acceptors (Lipinski definition) is 19. The van der Waals surface area contributed by atoms with Gasteiger partial charge in [0.1, 0.15) is 24.4 Å². The van der Waals surface area contributed by atoms with Crippen LogP contribution >= 0.6 is 0 Å². The average Bonchev–Trinajstić information content (AvgIpc) is 1.52. The van der Waals surface area contributed by atoms with Gasteiger partial charge in [-0.15, -0.1) is 0 Å². The highest BCUT2D eigenvalue weighted by Crippen LogP contribution is 2.45. The third-order valence-electron chi connectivity index (χ3n) is 20.0. The van der Waals surface area contributed by atoms with E-state index in [1.807, 2.05) is 180 Å². The first kappa shape index (κ1) is 83.5. The summed E-state index contributed by atoms with van der Waals surface area (Å²) in [5.74, 6) is -0.755. The van der Waals surface area contributed by atoms with Crippen LogP contribution in [0, 0.1) is 22.7 Å². The Labute approximate surface area is 535 Å². The molecule has 5 saturated heterocycles. The van der Waals surface area contributed by atoms with E-state index in [4.69, 9.17) is 23.7 Å². The Morgan fingerprint density at radius 3 is 0.886 bits per heavy atom. The highest BCUT2D eigenvalue weighted by molar-refractivity contribution is 5.76. The molecule has 5 heterocycles. The molecule has 19 heteroatoms. The molecule has 0 spiro atoms. The number of piperidine rings is 3. The van der Waals surface area contributed by atoms with Crippen LogP contribution in [0.4, 0.5) is 0 Å². The van der Waals surface area contributed by atoms with Crippen molar-refractivity contribution >= 4 is 23.9 Å². The fourth-order valence-corrected chi connectivity index (χ4v) is 12.8. The number of carbonyl (C=O) groups excluding carboxylic acids is 4. The minimum atomic E-state index is -0.553. The summed E-state index contributed by atoms with van der Waals surface area (Å²) in [4.78, 5) is 48.0. The van der Waals surface area contributed by atoms with Crippen molar-refractivity contribution in [3.63, 3.8) is 0 Å². The lowest BCUT2D eigenvalue weighted by atomic mass is 9.80. The van der Waals surface area contributed by atoms with Crippen molar-refractivity contribution in [2.45, 2.75) is 397 Å². The number of nitrogens with zero attached hydrogens (tertiary/aromatic N) is 5. The molecule has 0 bridgehead atoms. The van der Waals surface area contributed by atoms with Crippen LogP contribution in [0.25, 0.3) is 0 Å². The lowest BCUT2D eigenvalue weighted by Gasteiger charge is -2.51. The molecule has 0 aromatic carbocycles. The highest BCUT2D eigenvalue weighted by atomic mass is 16.6. The van der Waals surface area contributed by atoms with Gasteiger partial charge in [-0.2, -0.15) is 25.3 Å². The Balaban J connectivity index is 0.000000551. The van der Waals surface area contributed by atoms with Gasteiger partial charge in [0.15, 0.2) is 0 Å². The first-order valence-corrected chi connectivity index (χ1v) is 33.2. The maximum Gasteiger partial charge on any atom is 0.311 e. The predicted octanol–water partition coefficient (Wildman–Crippen LogP) is 15.2. The summed E-state index contributed by atoms with van der Waals surface area (Å²) < 4.78 is 28.5. The molecule has 5 atom stereocenters. The molecule has 0 aromatic heterocycles. The van der Waals surface area contributed by atoms with Crippen molar-refractivity contribution in [1.29, 1.82) is 0 Å². The Kier molecular flexibility index (Phi) is 29.1. The Bertz CT molecular complexity index is 2180. The van der Waals surface area contributed by atoms with Gasteiger partial charge in [-0.05, 0) is 218 Å². The average molecular weight is 1260 g/mol. The maximum atomic E-state index is 12.2. The van der Waals surface area contributed by atoms with Gasteiger partial charge in [-0.1, -0.05) is 48.5 Å². The summed E-state index contributed by atoms with van der Waals surface area (Å²) in [6.45, 7) is 63.0. The molecule has 5 N–H and O–H groups in total. The summed E-state index contributed by atoms with van der Waals surface area (Å²) in [5.41, 5.74) is -4.66. The molecular formula is C69H135N5O14. The van der Waals surface area contributed by atoms with Crippen LogP contribution in [0.1, 0.15) is 305 Å². The van der Waals surface area contributed by atoms with E-state index >= 15 is 0 Å². The molecule has 0 amide bonds. The van der Waals surface area contributed by atoms with E-state index in [1.165, 1.54) is 25.3 Å². The molecule has 520 valence electrons. The van der Waals surface area contributed by atoms with Crippen LogP contribution in [-0.4, -0.2) is 167 Å². The van der Waals surface area contributed by atoms with E-state index < -0.39 is 21.9 Å². The molecule has 0 saturated carbocycles. The van der Waals surface area contributed by atoms with Crippen LogP contribution in [0.15, 0.2) is 0 Å². The van der Waals surface area contributed by atoms with E-state index in [0.717, 1.165) is 44.9 Å². The van der Waals surface area contributed by atoms with Gasteiger partial charge in [0.25, 0.3) is 0 Å². The number of carbonyl (C=O) groups is 4. The molecule has 5 fully saturated rings. The lowest BCUT2D eigenvalue weighted by Crippen LogP contribution is -2.61. The Morgan fingerprint density at radius 1 is 0.375 bits per heavy atom. The fourth-order valence-electron chi connectivity index (χ4n) is 12.8. The van der Waals surface area contributed by atoms with E-state index in [9.17, 15) is 45.2 Å². The van der Waals surface area contributed by atoms with Crippen molar-refractivity contribution < 1.29 is 68.9 Å². The normalized spacial score (nSPS) is 26.7. The smallest absolute Gasteiger partial charge is 0.311 e. The number of rotatable bonds is 15. The number of esters is 4. The first-order chi connectivity index (χ1) is 39.3. The third kappa shape index (κ3) is 21.8. The van der Waals surface area contributed by atoms with Gasteiger partial charge in [-0.25, -0.2) is 0 Å². The Morgan fingerprint density at radius 2 is 0.625 bits per heavy atom. The van der Waals surface area contributed by atoms with Gasteiger partial charge >= 0.3 is 23.9 Å².